The van der Waals surface area contributed by atoms with E-state index in [0.29, 0.717) is 28.1 Å². The van der Waals surface area contributed by atoms with Crippen molar-refractivity contribution in [3.05, 3.63) is 59.2 Å². The van der Waals surface area contributed by atoms with Crippen LogP contribution in [0.1, 0.15) is 58.3 Å². The Morgan fingerprint density at radius 3 is 2.67 bits per heavy atom. The van der Waals surface area contributed by atoms with Crippen molar-refractivity contribution in [3.8, 4) is 5.75 Å². The van der Waals surface area contributed by atoms with Gasteiger partial charge in [-0.3, -0.25) is 9.59 Å². The zero-order valence-corrected chi connectivity index (χ0v) is 15.5. The van der Waals surface area contributed by atoms with Crippen LogP contribution in [-0.2, 0) is 4.74 Å². The molecule has 140 valence electrons. The summed E-state index contributed by atoms with van der Waals surface area (Å²) >= 11 is 0. The number of benzene rings is 2. The van der Waals surface area contributed by atoms with Crippen molar-refractivity contribution in [2.24, 2.45) is 0 Å². The molecule has 1 amide bonds. The van der Waals surface area contributed by atoms with E-state index in [-0.39, 0.29) is 24.7 Å². The summed E-state index contributed by atoms with van der Waals surface area (Å²) in [5.74, 6) is -0.401. The van der Waals surface area contributed by atoms with Crippen molar-refractivity contribution in [3.63, 3.8) is 0 Å². The molecule has 0 saturated heterocycles. The van der Waals surface area contributed by atoms with Gasteiger partial charge in [-0.15, -0.1) is 0 Å². The minimum absolute atomic E-state index is 0.0554. The predicted molar refractivity (Wildman–Crippen MR) is 100 cm³/mol. The Balaban J connectivity index is 1.80. The number of ether oxygens (including phenoxy) is 2. The van der Waals surface area contributed by atoms with Crippen LogP contribution >= 0.6 is 0 Å². The number of hydrogen-bond acceptors (Lipinski definition) is 5. The van der Waals surface area contributed by atoms with Gasteiger partial charge in [0.1, 0.15) is 11.4 Å². The fourth-order valence-electron chi connectivity index (χ4n) is 2.94. The first-order valence-electron chi connectivity index (χ1n) is 8.74. The van der Waals surface area contributed by atoms with Crippen LogP contribution in [0, 0.1) is 0 Å². The third kappa shape index (κ3) is 4.16. The largest absolute Gasteiger partial charge is 0.487 e. The van der Waals surface area contributed by atoms with Crippen LogP contribution in [0.25, 0.3) is 0 Å². The second-order valence-corrected chi connectivity index (χ2v) is 6.93. The average Bonchev–Trinajstić information content (AvgIpc) is 2.61. The number of hydrogen-bond donors (Lipinski definition) is 1. The fraction of sp³-hybridized carbons (Fsp3) is 0.286. The van der Waals surface area contributed by atoms with E-state index in [4.69, 9.17) is 9.47 Å². The highest BCUT2D eigenvalue weighted by Gasteiger charge is 2.32. The smallest absolute Gasteiger partial charge is 0.338 e. The Bertz CT molecular complexity index is 917. The molecule has 3 rings (SSSR count). The highest BCUT2D eigenvalue weighted by Crippen LogP contribution is 2.33. The number of carbonyl (C=O) groups is 3. The van der Waals surface area contributed by atoms with Crippen LogP contribution in [0.5, 0.6) is 5.75 Å². The maximum Gasteiger partial charge on any atom is 0.338 e. The van der Waals surface area contributed by atoms with E-state index < -0.39 is 11.6 Å². The van der Waals surface area contributed by atoms with Gasteiger partial charge in [-0.25, -0.2) is 4.79 Å². The summed E-state index contributed by atoms with van der Waals surface area (Å²) in [6.45, 7) is 5.71. The van der Waals surface area contributed by atoms with Gasteiger partial charge in [0.05, 0.1) is 24.2 Å². The molecule has 2 aromatic carbocycles. The van der Waals surface area contributed by atoms with Gasteiger partial charge < -0.3 is 14.8 Å². The van der Waals surface area contributed by atoms with Crippen LogP contribution < -0.4 is 10.1 Å². The lowest BCUT2D eigenvalue weighted by Gasteiger charge is -2.31. The highest BCUT2D eigenvalue weighted by molar-refractivity contribution is 6.08. The second kappa shape index (κ2) is 7.23. The van der Waals surface area contributed by atoms with E-state index >= 15 is 0 Å². The number of ketones is 1. The molecule has 0 fully saturated rings. The van der Waals surface area contributed by atoms with Gasteiger partial charge in [-0.2, -0.15) is 0 Å². The van der Waals surface area contributed by atoms with E-state index in [2.05, 4.69) is 5.32 Å². The summed E-state index contributed by atoms with van der Waals surface area (Å²) in [6, 6.07) is 11.3. The first kappa shape index (κ1) is 18.6. The third-order valence-corrected chi connectivity index (χ3v) is 4.15. The van der Waals surface area contributed by atoms with E-state index in [0.717, 1.165) is 0 Å². The molecule has 0 aromatic heterocycles. The van der Waals surface area contributed by atoms with Gasteiger partial charge in [0.2, 0.25) is 0 Å². The molecule has 1 aliphatic heterocycles. The maximum absolute atomic E-state index is 12.6. The highest BCUT2D eigenvalue weighted by atomic mass is 16.5. The molecule has 0 radical (unpaired) electrons. The summed E-state index contributed by atoms with van der Waals surface area (Å²) in [6.07, 6.45) is 0.257. The molecule has 1 aliphatic rings. The number of anilines is 1. The summed E-state index contributed by atoms with van der Waals surface area (Å²) in [5.41, 5.74) is 1.01. The molecule has 0 bridgehead atoms. The third-order valence-electron chi connectivity index (χ3n) is 4.15. The number of nitrogens with one attached hydrogen (secondary N) is 1. The Kier molecular flexibility index (Phi) is 4.99. The number of esters is 1. The van der Waals surface area contributed by atoms with Crippen molar-refractivity contribution in [2.75, 3.05) is 11.9 Å². The van der Waals surface area contributed by atoms with Crippen molar-refractivity contribution in [2.45, 2.75) is 32.8 Å². The Morgan fingerprint density at radius 2 is 1.93 bits per heavy atom. The Labute approximate surface area is 157 Å². The topological polar surface area (TPSA) is 81.7 Å². The van der Waals surface area contributed by atoms with Gasteiger partial charge in [0.25, 0.3) is 5.91 Å². The Morgan fingerprint density at radius 1 is 1.15 bits per heavy atom. The lowest BCUT2D eigenvalue weighted by Crippen LogP contribution is -2.36. The van der Waals surface area contributed by atoms with Gasteiger partial charge >= 0.3 is 5.97 Å². The van der Waals surface area contributed by atoms with E-state index in [1.54, 1.807) is 43.3 Å². The fourth-order valence-corrected chi connectivity index (χ4v) is 2.94. The molecule has 1 heterocycles. The molecule has 0 spiro atoms. The van der Waals surface area contributed by atoms with Crippen molar-refractivity contribution < 1.29 is 23.9 Å². The van der Waals surface area contributed by atoms with E-state index in [1.807, 2.05) is 13.8 Å². The molecule has 1 N–H and O–H groups in total. The van der Waals surface area contributed by atoms with Crippen molar-refractivity contribution >= 4 is 23.3 Å². The van der Waals surface area contributed by atoms with Crippen LogP contribution in [0.3, 0.4) is 0 Å². The number of fused-ring (bicyclic) bond motifs is 1. The molecular weight excluding hydrogens is 346 g/mol. The zero-order chi connectivity index (χ0) is 19.6. The second-order valence-electron chi connectivity index (χ2n) is 6.93. The number of rotatable bonds is 4. The normalized spacial score (nSPS) is 14.7. The van der Waals surface area contributed by atoms with Gasteiger partial charge in [0.15, 0.2) is 5.78 Å². The first-order valence-corrected chi connectivity index (χ1v) is 8.74. The molecule has 27 heavy (non-hydrogen) atoms. The first-order chi connectivity index (χ1) is 12.8. The van der Waals surface area contributed by atoms with Crippen molar-refractivity contribution in [1.29, 1.82) is 0 Å². The lowest BCUT2D eigenvalue weighted by atomic mass is 9.92. The summed E-state index contributed by atoms with van der Waals surface area (Å²) < 4.78 is 10.8. The van der Waals surface area contributed by atoms with E-state index in [9.17, 15) is 14.4 Å². The molecular formula is C21H21NO5. The minimum atomic E-state index is -0.554. The molecule has 2 aromatic rings. The quantitative estimate of drug-likeness (QED) is 0.830. The molecule has 6 nitrogen and oxygen atoms in total. The number of Topliss-reactive ketones (excluding diaryl/α,β-unsaturated/α-hetero) is 1. The van der Waals surface area contributed by atoms with Gasteiger partial charge in [-0.05, 0) is 57.2 Å². The maximum atomic E-state index is 12.6. The van der Waals surface area contributed by atoms with Crippen LogP contribution in [0.15, 0.2) is 42.5 Å². The van der Waals surface area contributed by atoms with Gasteiger partial charge in [0, 0.05) is 11.3 Å². The van der Waals surface area contributed by atoms with Gasteiger partial charge in [-0.1, -0.05) is 6.07 Å². The lowest BCUT2D eigenvalue weighted by molar-refractivity contribution is 0.0525. The van der Waals surface area contributed by atoms with Crippen LogP contribution in [-0.4, -0.2) is 29.9 Å². The minimum Gasteiger partial charge on any atom is -0.487 e. The SMILES string of the molecule is CCOC(=O)c1cccc(NC(=O)c2ccc3c(c2)C(=O)CC(C)(C)O3)c1. The standard InChI is InChI=1S/C21H21NO5/c1-4-26-20(25)14-6-5-7-15(10-14)22-19(24)13-8-9-18-16(11-13)17(23)12-21(2,3)27-18/h5-11H,4,12H2,1-3H3,(H,22,24). The Hall–Kier alpha value is -3.15. The molecule has 0 atom stereocenters. The van der Waals surface area contributed by atoms with Crippen LogP contribution in [0.4, 0.5) is 5.69 Å². The molecule has 6 heteroatoms. The number of amides is 1. The molecule has 0 aliphatic carbocycles. The monoisotopic (exact) mass is 367 g/mol. The predicted octanol–water partition coefficient (Wildman–Crippen LogP) is 3.86. The summed E-state index contributed by atoms with van der Waals surface area (Å²) in [4.78, 5) is 36.7. The van der Waals surface area contributed by atoms with Crippen LogP contribution in [0.2, 0.25) is 0 Å². The number of carbonyl (C=O) groups excluding carboxylic acids is 3. The van der Waals surface area contributed by atoms with Crippen molar-refractivity contribution in [1.82, 2.24) is 0 Å². The summed E-state index contributed by atoms with van der Waals surface area (Å²) in [5, 5.41) is 2.73. The van der Waals surface area contributed by atoms with E-state index in [1.165, 1.54) is 6.07 Å². The average molecular weight is 367 g/mol. The molecule has 0 unspecified atom stereocenters. The zero-order valence-electron chi connectivity index (χ0n) is 15.5. The summed E-state index contributed by atoms with van der Waals surface area (Å²) in [7, 11) is 0. The molecule has 0 saturated carbocycles.